The number of hydrogen-bond acceptors (Lipinski definition) is 4. The lowest BCUT2D eigenvalue weighted by Gasteiger charge is -2.20. The van der Waals surface area contributed by atoms with Crippen LogP contribution in [0.25, 0.3) is 0 Å². The van der Waals surface area contributed by atoms with E-state index in [0.29, 0.717) is 5.95 Å². The monoisotopic (exact) mass is 386 g/mol. The summed E-state index contributed by atoms with van der Waals surface area (Å²) in [6.45, 7) is -0.182. The molecule has 3 rings (SSSR count). The third-order valence-electron chi connectivity index (χ3n) is 4.01. The van der Waals surface area contributed by atoms with Crippen molar-refractivity contribution in [2.45, 2.75) is 12.7 Å². The van der Waals surface area contributed by atoms with Crippen molar-refractivity contribution in [3.05, 3.63) is 83.7 Å². The molecule has 0 spiro atoms. The molecule has 3 aromatic rings. The van der Waals surface area contributed by atoms with Crippen molar-refractivity contribution in [2.24, 2.45) is 0 Å². The van der Waals surface area contributed by atoms with Gasteiger partial charge in [0.1, 0.15) is 0 Å². The van der Waals surface area contributed by atoms with Crippen molar-refractivity contribution in [3.8, 4) is 0 Å². The number of alkyl halides is 3. The molecule has 1 amide bonds. The number of nitrogens with one attached hydrogen (secondary N) is 1. The Labute approximate surface area is 159 Å². The van der Waals surface area contributed by atoms with Gasteiger partial charge in [0.25, 0.3) is 5.91 Å². The second-order valence-electron chi connectivity index (χ2n) is 6.10. The first-order valence-corrected chi connectivity index (χ1v) is 8.39. The van der Waals surface area contributed by atoms with Gasteiger partial charge in [-0.1, -0.05) is 36.4 Å². The first-order valence-electron chi connectivity index (χ1n) is 8.39. The second kappa shape index (κ2) is 8.08. The predicted molar refractivity (Wildman–Crippen MR) is 99.0 cm³/mol. The average molecular weight is 386 g/mol. The van der Waals surface area contributed by atoms with Crippen molar-refractivity contribution in [1.82, 2.24) is 14.9 Å². The van der Waals surface area contributed by atoms with E-state index in [9.17, 15) is 18.0 Å². The highest BCUT2D eigenvalue weighted by Crippen LogP contribution is 2.32. The molecule has 0 radical (unpaired) electrons. The molecule has 1 heterocycles. The van der Waals surface area contributed by atoms with Crippen LogP contribution in [-0.2, 0) is 12.7 Å². The van der Waals surface area contributed by atoms with Crippen LogP contribution in [0.15, 0.2) is 67.0 Å². The summed E-state index contributed by atoms with van der Waals surface area (Å²) in [7, 11) is 1.44. The first-order chi connectivity index (χ1) is 13.3. The van der Waals surface area contributed by atoms with Crippen LogP contribution in [0, 0.1) is 0 Å². The third kappa shape index (κ3) is 4.64. The summed E-state index contributed by atoms with van der Waals surface area (Å²) in [5, 5.41) is 2.99. The lowest BCUT2D eigenvalue weighted by Crippen LogP contribution is -2.27. The molecule has 0 unspecified atom stereocenters. The van der Waals surface area contributed by atoms with Crippen LogP contribution < -0.4 is 5.32 Å². The highest BCUT2D eigenvalue weighted by atomic mass is 19.4. The quantitative estimate of drug-likeness (QED) is 0.701. The molecular weight excluding hydrogens is 369 g/mol. The first kappa shape index (κ1) is 19.3. The minimum Gasteiger partial charge on any atom is -0.337 e. The van der Waals surface area contributed by atoms with E-state index in [0.717, 1.165) is 11.8 Å². The molecular formula is C20H17F3N4O. The summed E-state index contributed by atoms with van der Waals surface area (Å²) in [5.41, 5.74) is 0.246. The van der Waals surface area contributed by atoms with E-state index in [-0.39, 0.29) is 17.7 Å². The molecule has 144 valence electrons. The Bertz CT molecular complexity index is 944. The fourth-order valence-corrected chi connectivity index (χ4v) is 2.64. The van der Waals surface area contributed by atoms with Gasteiger partial charge in [0.2, 0.25) is 5.95 Å². The molecule has 0 bridgehead atoms. The molecule has 1 N–H and O–H groups in total. The topological polar surface area (TPSA) is 58.1 Å². The molecule has 0 aliphatic rings. The second-order valence-corrected chi connectivity index (χ2v) is 6.10. The van der Waals surface area contributed by atoms with Crippen molar-refractivity contribution in [3.63, 3.8) is 0 Å². The van der Waals surface area contributed by atoms with E-state index in [2.05, 4.69) is 15.3 Å². The molecule has 28 heavy (non-hydrogen) atoms. The van der Waals surface area contributed by atoms with Crippen LogP contribution in [0.1, 0.15) is 21.5 Å². The summed E-state index contributed by atoms with van der Waals surface area (Å²) >= 11 is 0. The number of nitrogens with zero attached hydrogens (tertiary/aromatic N) is 3. The van der Waals surface area contributed by atoms with Crippen LogP contribution in [0.4, 0.5) is 24.8 Å². The molecule has 0 aliphatic carbocycles. The van der Waals surface area contributed by atoms with Crippen LogP contribution >= 0.6 is 0 Å². The van der Waals surface area contributed by atoms with Crippen molar-refractivity contribution in [1.29, 1.82) is 0 Å². The maximum Gasteiger partial charge on any atom is 0.416 e. The minimum absolute atomic E-state index is 0.0223. The molecule has 0 saturated carbocycles. The Balaban J connectivity index is 1.70. The number of anilines is 2. The van der Waals surface area contributed by atoms with E-state index in [1.54, 1.807) is 0 Å². The maximum atomic E-state index is 13.1. The van der Waals surface area contributed by atoms with E-state index in [1.807, 2.05) is 30.3 Å². The normalized spacial score (nSPS) is 11.1. The van der Waals surface area contributed by atoms with Gasteiger partial charge in [-0.05, 0) is 23.8 Å². The van der Waals surface area contributed by atoms with Gasteiger partial charge >= 0.3 is 6.18 Å². The number of aromatic nitrogens is 2. The van der Waals surface area contributed by atoms with Gasteiger partial charge in [-0.15, -0.1) is 0 Å². The highest BCUT2D eigenvalue weighted by Gasteiger charge is 2.33. The van der Waals surface area contributed by atoms with E-state index in [4.69, 9.17) is 0 Å². The van der Waals surface area contributed by atoms with E-state index >= 15 is 0 Å². The van der Waals surface area contributed by atoms with Crippen molar-refractivity contribution in [2.75, 3.05) is 12.4 Å². The van der Waals surface area contributed by atoms with E-state index < -0.39 is 17.6 Å². The molecule has 5 nitrogen and oxygen atoms in total. The lowest BCUT2D eigenvalue weighted by molar-refractivity contribution is -0.138. The average Bonchev–Trinajstić information content (AvgIpc) is 2.68. The van der Waals surface area contributed by atoms with Crippen LogP contribution in [0.2, 0.25) is 0 Å². The number of para-hydroxylation sites is 1. The van der Waals surface area contributed by atoms with Gasteiger partial charge in [-0.25, -0.2) is 9.97 Å². The number of amides is 1. The highest BCUT2D eigenvalue weighted by molar-refractivity contribution is 5.93. The lowest BCUT2D eigenvalue weighted by atomic mass is 10.1. The Hall–Kier alpha value is -3.42. The van der Waals surface area contributed by atoms with Gasteiger partial charge < -0.3 is 10.2 Å². The number of rotatable bonds is 5. The Kier molecular flexibility index (Phi) is 5.58. The molecule has 8 heteroatoms. The zero-order chi connectivity index (χ0) is 20.1. The molecule has 0 saturated heterocycles. The molecule has 2 aromatic carbocycles. The zero-order valence-electron chi connectivity index (χ0n) is 14.9. The molecule has 1 aromatic heterocycles. The predicted octanol–water partition coefficient (Wildman–Crippen LogP) is 4.51. The Morgan fingerprint density at radius 2 is 1.61 bits per heavy atom. The smallest absolute Gasteiger partial charge is 0.337 e. The van der Waals surface area contributed by atoms with Gasteiger partial charge in [-0.3, -0.25) is 4.79 Å². The van der Waals surface area contributed by atoms with Crippen molar-refractivity contribution < 1.29 is 18.0 Å². The maximum absolute atomic E-state index is 13.1. The van der Waals surface area contributed by atoms with Gasteiger partial charge in [0, 0.05) is 31.7 Å². The van der Waals surface area contributed by atoms with Crippen LogP contribution in [0.5, 0.6) is 0 Å². The molecule has 0 aliphatic heterocycles. The molecule has 0 atom stereocenters. The standard InChI is InChI=1S/C20H17F3N4O/c1-27(13-14-7-5-6-10-17(14)20(21,22)23)18(28)15-11-24-19(25-12-15)26-16-8-3-2-4-9-16/h2-12H,13H2,1H3,(H,24,25,26). The summed E-state index contributed by atoms with van der Waals surface area (Å²) in [5.74, 6) is -0.156. The number of carbonyl (C=O) groups excluding carboxylic acids is 1. The largest absolute Gasteiger partial charge is 0.416 e. The minimum atomic E-state index is -4.48. The van der Waals surface area contributed by atoms with Crippen molar-refractivity contribution >= 4 is 17.5 Å². The van der Waals surface area contributed by atoms with Crippen LogP contribution in [-0.4, -0.2) is 27.8 Å². The summed E-state index contributed by atoms with van der Waals surface area (Å²) in [4.78, 5) is 21.9. The fraction of sp³-hybridized carbons (Fsp3) is 0.150. The van der Waals surface area contributed by atoms with Gasteiger partial charge in [0.15, 0.2) is 0 Å². The molecule has 0 fully saturated rings. The number of benzene rings is 2. The van der Waals surface area contributed by atoms with Gasteiger partial charge in [-0.2, -0.15) is 13.2 Å². The summed E-state index contributed by atoms with van der Waals surface area (Å²) < 4.78 is 39.3. The SMILES string of the molecule is CN(Cc1ccccc1C(F)(F)F)C(=O)c1cnc(Nc2ccccc2)nc1. The zero-order valence-corrected chi connectivity index (χ0v) is 14.9. The van der Waals surface area contributed by atoms with E-state index in [1.165, 1.54) is 42.5 Å². The Morgan fingerprint density at radius 3 is 2.25 bits per heavy atom. The Morgan fingerprint density at radius 1 is 1.00 bits per heavy atom. The third-order valence-corrected chi connectivity index (χ3v) is 4.01. The summed E-state index contributed by atoms with van der Waals surface area (Å²) in [6, 6.07) is 14.5. The van der Waals surface area contributed by atoms with Gasteiger partial charge in [0.05, 0.1) is 11.1 Å². The fourth-order valence-electron chi connectivity index (χ4n) is 2.64. The van der Waals surface area contributed by atoms with Crippen LogP contribution in [0.3, 0.4) is 0 Å². The number of halogens is 3. The number of carbonyl (C=O) groups is 1. The summed E-state index contributed by atoms with van der Waals surface area (Å²) in [6.07, 6.45) is -1.80. The number of hydrogen-bond donors (Lipinski definition) is 1.